The number of amidine groups is 1. The summed E-state index contributed by atoms with van der Waals surface area (Å²) in [6.45, 7) is 3.56. The first kappa shape index (κ1) is 24.2. The van der Waals surface area contributed by atoms with Gasteiger partial charge in [-0.3, -0.25) is 10.2 Å². The third-order valence-electron chi connectivity index (χ3n) is 6.16. The smallest absolute Gasteiger partial charge is 0.251 e. The van der Waals surface area contributed by atoms with Gasteiger partial charge in [-0.05, 0) is 49.4 Å². The van der Waals surface area contributed by atoms with Crippen molar-refractivity contribution in [3.8, 4) is 0 Å². The molecule has 4 rings (SSSR count). The molecule has 35 heavy (non-hydrogen) atoms. The highest BCUT2D eigenvalue weighted by atomic mass is 16.1. The molecule has 0 unspecified atom stereocenters. The number of anilines is 1. The molecule has 8 nitrogen and oxygen atoms in total. The van der Waals surface area contributed by atoms with E-state index in [-0.39, 0.29) is 11.7 Å². The second-order valence-electron chi connectivity index (χ2n) is 8.83. The number of nitrogens with two attached hydrogens (primary N) is 2. The van der Waals surface area contributed by atoms with Crippen molar-refractivity contribution >= 4 is 39.5 Å². The van der Waals surface area contributed by atoms with Crippen molar-refractivity contribution in [3.63, 3.8) is 0 Å². The summed E-state index contributed by atoms with van der Waals surface area (Å²) in [6, 6.07) is 15.5. The highest BCUT2D eigenvalue weighted by Gasteiger charge is 2.16. The van der Waals surface area contributed by atoms with E-state index < -0.39 is 0 Å². The Kier molecular flexibility index (Phi) is 7.60. The first-order chi connectivity index (χ1) is 17.0. The molecule has 4 aromatic rings. The Morgan fingerprint density at radius 2 is 1.83 bits per heavy atom. The van der Waals surface area contributed by atoms with E-state index in [2.05, 4.69) is 27.9 Å². The van der Waals surface area contributed by atoms with Gasteiger partial charge in [0.15, 0.2) is 5.82 Å². The van der Waals surface area contributed by atoms with Crippen LogP contribution in [-0.2, 0) is 19.4 Å². The van der Waals surface area contributed by atoms with Crippen LogP contribution in [0.1, 0.15) is 54.4 Å². The van der Waals surface area contributed by atoms with Crippen LogP contribution in [0.3, 0.4) is 0 Å². The van der Waals surface area contributed by atoms with Crippen LogP contribution in [0.5, 0.6) is 0 Å². The Labute approximate surface area is 205 Å². The quantitative estimate of drug-likeness (QED) is 0.148. The summed E-state index contributed by atoms with van der Waals surface area (Å²) in [5.74, 6) is 1.59. The van der Waals surface area contributed by atoms with E-state index in [1.54, 1.807) is 0 Å². The lowest BCUT2D eigenvalue weighted by Gasteiger charge is -2.11. The topological polar surface area (TPSA) is 136 Å². The van der Waals surface area contributed by atoms with Gasteiger partial charge in [-0.15, -0.1) is 0 Å². The minimum Gasteiger partial charge on any atom is -0.388 e. The van der Waals surface area contributed by atoms with Gasteiger partial charge in [0.2, 0.25) is 0 Å². The third-order valence-corrected chi connectivity index (χ3v) is 6.16. The normalized spacial score (nSPS) is 11.2. The average molecular weight is 472 g/mol. The Morgan fingerprint density at radius 3 is 2.57 bits per heavy atom. The van der Waals surface area contributed by atoms with Gasteiger partial charge >= 0.3 is 0 Å². The van der Waals surface area contributed by atoms with Crippen LogP contribution in [0.15, 0.2) is 48.5 Å². The summed E-state index contributed by atoms with van der Waals surface area (Å²) in [5.41, 5.74) is 16.1. The first-order valence-corrected chi connectivity index (χ1v) is 12.2. The summed E-state index contributed by atoms with van der Waals surface area (Å²) in [6.07, 6.45) is 4.86. The van der Waals surface area contributed by atoms with Crippen molar-refractivity contribution in [3.05, 3.63) is 65.5 Å². The van der Waals surface area contributed by atoms with Crippen molar-refractivity contribution in [1.29, 1.82) is 5.41 Å². The maximum Gasteiger partial charge on any atom is 0.251 e. The molecule has 0 saturated carbocycles. The highest BCUT2D eigenvalue weighted by Crippen LogP contribution is 2.29. The Hall–Kier alpha value is -3.94. The van der Waals surface area contributed by atoms with Crippen LogP contribution in [0.4, 0.5) is 5.82 Å². The number of rotatable bonds is 11. The number of hydrogen-bond acceptors (Lipinski definition) is 5. The summed E-state index contributed by atoms with van der Waals surface area (Å²) < 4.78 is 2.28. The highest BCUT2D eigenvalue weighted by molar-refractivity contribution is 6.06. The molecule has 1 amide bonds. The monoisotopic (exact) mass is 471 g/mol. The van der Waals surface area contributed by atoms with Gasteiger partial charge in [-0.2, -0.15) is 0 Å². The number of benzene rings is 2. The van der Waals surface area contributed by atoms with E-state index in [1.165, 1.54) is 0 Å². The fraction of sp³-hybridized carbons (Fsp3) is 0.333. The Bertz CT molecular complexity index is 1340. The second-order valence-corrected chi connectivity index (χ2v) is 8.83. The number of imidazole rings is 1. The van der Waals surface area contributed by atoms with Crippen molar-refractivity contribution in [2.45, 2.75) is 52.0 Å². The Balaban J connectivity index is 1.38. The standard InChI is InChI=1S/C27H33N7O/c1-2-7-23-33-24-25(20-8-3-4-9-21(20)32-26(24)30)34(23)17-6-5-16-31-27(35)19-13-10-18(11-14-19)12-15-22(28)29/h3-4,8-11,13-14H,2,5-7,12,15-17H2,1H3,(H3,28,29)(H2,30,32)(H,31,35). The number of hydrogen-bond donors (Lipinski definition) is 4. The predicted octanol–water partition coefficient (Wildman–Crippen LogP) is 4.20. The number of carbonyl (C=O) groups excluding carboxylic acids is 1. The molecule has 2 aromatic heterocycles. The fourth-order valence-electron chi connectivity index (χ4n) is 4.36. The molecular weight excluding hydrogens is 438 g/mol. The van der Waals surface area contributed by atoms with Gasteiger partial charge in [-0.25, -0.2) is 9.97 Å². The molecule has 0 aliphatic carbocycles. The van der Waals surface area contributed by atoms with E-state index in [0.717, 1.165) is 65.6 Å². The maximum atomic E-state index is 12.5. The van der Waals surface area contributed by atoms with Crippen LogP contribution >= 0.6 is 0 Å². The second kappa shape index (κ2) is 11.0. The van der Waals surface area contributed by atoms with Crippen molar-refractivity contribution in [2.24, 2.45) is 5.73 Å². The number of aryl methyl sites for hydroxylation is 3. The molecule has 0 aliphatic heterocycles. The summed E-state index contributed by atoms with van der Waals surface area (Å²) >= 11 is 0. The van der Waals surface area contributed by atoms with E-state index in [9.17, 15) is 4.79 Å². The van der Waals surface area contributed by atoms with Crippen LogP contribution in [-0.4, -0.2) is 32.8 Å². The summed E-state index contributed by atoms with van der Waals surface area (Å²) in [4.78, 5) is 21.9. The SMILES string of the molecule is CCCc1nc2c(N)nc3ccccc3c2n1CCCCNC(=O)c1ccc(CCC(=N)N)cc1. The summed E-state index contributed by atoms with van der Waals surface area (Å²) in [5, 5.41) is 11.4. The molecule has 0 atom stereocenters. The predicted molar refractivity (Wildman–Crippen MR) is 142 cm³/mol. The number of fused-ring (bicyclic) bond motifs is 3. The molecule has 2 heterocycles. The van der Waals surface area contributed by atoms with Crippen molar-refractivity contribution < 1.29 is 4.79 Å². The maximum absolute atomic E-state index is 12.5. The van der Waals surface area contributed by atoms with Gasteiger partial charge in [0.05, 0.1) is 16.9 Å². The molecular formula is C27H33N7O. The number of unbranched alkanes of at least 4 members (excludes halogenated alkanes) is 1. The number of nitrogen functional groups attached to an aromatic ring is 1. The number of pyridine rings is 1. The van der Waals surface area contributed by atoms with Crippen LogP contribution < -0.4 is 16.8 Å². The number of nitrogens with zero attached hydrogens (tertiary/aromatic N) is 3. The molecule has 182 valence electrons. The largest absolute Gasteiger partial charge is 0.388 e. The lowest BCUT2D eigenvalue weighted by atomic mass is 10.1. The molecule has 0 aliphatic rings. The fourth-order valence-corrected chi connectivity index (χ4v) is 4.36. The van der Waals surface area contributed by atoms with Gasteiger partial charge in [-0.1, -0.05) is 37.3 Å². The number of amides is 1. The molecule has 0 saturated heterocycles. The zero-order valence-corrected chi connectivity index (χ0v) is 20.2. The molecule has 8 heteroatoms. The lowest BCUT2D eigenvalue weighted by Crippen LogP contribution is -2.24. The minimum absolute atomic E-state index is 0.0762. The van der Waals surface area contributed by atoms with Crippen LogP contribution in [0, 0.1) is 5.41 Å². The zero-order valence-electron chi connectivity index (χ0n) is 20.2. The molecule has 6 N–H and O–H groups in total. The molecule has 0 bridgehead atoms. The average Bonchev–Trinajstić information content (AvgIpc) is 3.22. The van der Waals surface area contributed by atoms with E-state index in [4.69, 9.17) is 21.9 Å². The van der Waals surface area contributed by atoms with Crippen molar-refractivity contribution in [2.75, 3.05) is 12.3 Å². The van der Waals surface area contributed by atoms with Gasteiger partial charge < -0.3 is 21.4 Å². The molecule has 0 fully saturated rings. The van der Waals surface area contributed by atoms with E-state index in [0.29, 0.717) is 30.8 Å². The number of para-hydroxylation sites is 1. The van der Waals surface area contributed by atoms with Gasteiger partial charge in [0, 0.05) is 36.9 Å². The molecule has 2 aromatic carbocycles. The van der Waals surface area contributed by atoms with E-state index >= 15 is 0 Å². The van der Waals surface area contributed by atoms with E-state index in [1.807, 2.05) is 42.5 Å². The van der Waals surface area contributed by atoms with Crippen molar-refractivity contribution in [1.82, 2.24) is 19.9 Å². The van der Waals surface area contributed by atoms with Gasteiger partial charge in [0.1, 0.15) is 11.3 Å². The number of carbonyl (C=O) groups is 1. The summed E-state index contributed by atoms with van der Waals surface area (Å²) in [7, 11) is 0. The first-order valence-electron chi connectivity index (χ1n) is 12.2. The van der Waals surface area contributed by atoms with Crippen LogP contribution in [0.25, 0.3) is 21.9 Å². The van der Waals surface area contributed by atoms with Gasteiger partial charge in [0.25, 0.3) is 5.91 Å². The van der Waals surface area contributed by atoms with Crippen LogP contribution in [0.2, 0.25) is 0 Å². The minimum atomic E-state index is -0.0762. The Morgan fingerprint density at radius 1 is 1.06 bits per heavy atom. The molecule has 0 radical (unpaired) electrons. The third kappa shape index (κ3) is 5.59. The lowest BCUT2D eigenvalue weighted by molar-refractivity contribution is 0.0953. The number of aromatic nitrogens is 3. The molecule has 0 spiro atoms. The zero-order chi connectivity index (χ0) is 24.8. The number of nitrogens with one attached hydrogen (secondary N) is 2.